The molecule has 3 aromatic rings. The van der Waals surface area contributed by atoms with Crippen LogP contribution in [0.3, 0.4) is 0 Å². The molecule has 0 saturated heterocycles. The van der Waals surface area contributed by atoms with Crippen LogP contribution >= 0.6 is 0 Å². The first-order valence-corrected chi connectivity index (χ1v) is 6.46. The summed E-state index contributed by atoms with van der Waals surface area (Å²) < 4.78 is 20.8. The van der Waals surface area contributed by atoms with E-state index in [0.717, 1.165) is 16.6 Å². The van der Waals surface area contributed by atoms with Crippen LogP contribution in [0.5, 0.6) is 5.75 Å². The summed E-state index contributed by atoms with van der Waals surface area (Å²) in [6.45, 7) is 3.90. The molecule has 0 bridgehead atoms. The number of hydrogen-bond acceptors (Lipinski definition) is 4. The first-order valence-electron chi connectivity index (χ1n) is 6.46. The number of nitrogens with zero attached hydrogens (tertiary/aromatic N) is 3. The zero-order valence-electron chi connectivity index (χ0n) is 12.0. The summed E-state index contributed by atoms with van der Waals surface area (Å²) in [5.41, 5.74) is 9.20. The minimum Gasteiger partial charge on any atom is -0.494 e. The van der Waals surface area contributed by atoms with Crippen LogP contribution in [-0.2, 0) is 0 Å². The summed E-state index contributed by atoms with van der Waals surface area (Å²) in [4.78, 5) is 8.31. The Morgan fingerprint density at radius 1 is 1.24 bits per heavy atom. The SMILES string of the molecule is COc1ccc(-n2c(C)c(C)c3c(N)ncnc32)cc1F. The fourth-order valence-corrected chi connectivity index (χ4v) is 2.54. The van der Waals surface area contributed by atoms with Gasteiger partial charge in [0.2, 0.25) is 0 Å². The molecule has 0 aliphatic rings. The van der Waals surface area contributed by atoms with Gasteiger partial charge < -0.3 is 10.5 Å². The van der Waals surface area contributed by atoms with Crippen LogP contribution in [-0.4, -0.2) is 21.6 Å². The maximum Gasteiger partial charge on any atom is 0.167 e. The molecule has 2 N–H and O–H groups in total. The second kappa shape index (κ2) is 4.73. The average molecular weight is 286 g/mol. The van der Waals surface area contributed by atoms with Gasteiger partial charge in [-0.15, -0.1) is 0 Å². The van der Waals surface area contributed by atoms with Crippen LogP contribution in [0.25, 0.3) is 16.7 Å². The van der Waals surface area contributed by atoms with Crippen molar-refractivity contribution in [2.24, 2.45) is 0 Å². The van der Waals surface area contributed by atoms with E-state index < -0.39 is 5.82 Å². The van der Waals surface area contributed by atoms with Gasteiger partial charge in [0.05, 0.1) is 18.2 Å². The molecule has 1 aromatic carbocycles. The van der Waals surface area contributed by atoms with Crippen molar-refractivity contribution in [3.63, 3.8) is 0 Å². The van der Waals surface area contributed by atoms with E-state index in [4.69, 9.17) is 10.5 Å². The van der Waals surface area contributed by atoms with Crippen molar-refractivity contribution in [3.05, 3.63) is 41.6 Å². The Balaban J connectivity index is 2.33. The summed E-state index contributed by atoms with van der Waals surface area (Å²) in [5.74, 6) is 0.211. The van der Waals surface area contributed by atoms with Gasteiger partial charge in [-0.05, 0) is 31.5 Å². The monoisotopic (exact) mass is 286 g/mol. The predicted molar refractivity (Wildman–Crippen MR) is 79.3 cm³/mol. The molecule has 2 heterocycles. The Morgan fingerprint density at radius 2 is 2.00 bits per heavy atom. The molecule has 0 unspecified atom stereocenters. The number of fused-ring (bicyclic) bond motifs is 1. The standard InChI is InChI=1S/C15H15FN4O/c1-8-9(2)20(15-13(8)14(17)18-7-19-15)10-4-5-12(21-3)11(16)6-10/h4-7H,1-3H3,(H2,17,18,19). The lowest BCUT2D eigenvalue weighted by Crippen LogP contribution is -2.00. The van der Waals surface area contributed by atoms with Gasteiger partial charge >= 0.3 is 0 Å². The Kier molecular flexibility index (Phi) is 3.01. The topological polar surface area (TPSA) is 66.0 Å². The Morgan fingerprint density at radius 3 is 2.67 bits per heavy atom. The zero-order valence-corrected chi connectivity index (χ0v) is 12.0. The van der Waals surface area contributed by atoms with Crippen LogP contribution in [0, 0.1) is 19.7 Å². The predicted octanol–water partition coefficient (Wildman–Crippen LogP) is 2.77. The number of aryl methyl sites for hydroxylation is 1. The van der Waals surface area contributed by atoms with Crippen molar-refractivity contribution in [2.45, 2.75) is 13.8 Å². The number of methoxy groups -OCH3 is 1. The van der Waals surface area contributed by atoms with Crippen LogP contribution in [0.4, 0.5) is 10.2 Å². The normalized spacial score (nSPS) is 11.0. The number of anilines is 1. The molecular formula is C15H15FN4O. The lowest BCUT2D eigenvalue weighted by atomic mass is 10.2. The van der Waals surface area contributed by atoms with E-state index >= 15 is 0 Å². The van der Waals surface area contributed by atoms with Gasteiger partial charge in [-0.1, -0.05) is 0 Å². The van der Waals surface area contributed by atoms with Crippen molar-refractivity contribution in [2.75, 3.05) is 12.8 Å². The molecule has 0 saturated carbocycles. The average Bonchev–Trinajstić information content (AvgIpc) is 2.72. The first kappa shape index (κ1) is 13.4. The Labute approximate surface area is 121 Å². The highest BCUT2D eigenvalue weighted by atomic mass is 19.1. The van der Waals surface area contributed by atoms with Crippen LogP contribution in [0.2, 0.25) is 0 Å². The van der Waals surface area contributed by atoms with Gasteiger partial charge in [0.1, 0.15) is 12.1 Å². The van der Waals surface area contributed by atoms with E-state index in [0.29, 0.717) is 17.2 Å². The molecule has 0 atom stereocenters. The second-order valence-corrected chi connectivity index (χ2v) is 4.82. The minimum absolute atomic E-state index is 0.207. The van der Waals surface area contributed by atoms with Gasteiger partial charge in [0, 0.05) is 11.8 Å². The number of benzene rings is 1. The second-order valence-electron chi connectivity index (χ2n) is 4.82. The fraction of sp³-hybridized carbons (Fsp3) is 0.200. The molecule has 0 aliphatic carbocycles. The Hall–Kier alpha value is -2.63. The smallest absolute Gasteiger partial charge is 0.167 e. The number of nitrogens with two attached hydrogens (primary N) is 1. The van der Waals surface area contributed by atoms with E-state index in [-0.39, 0.29) is 5.75 Å². The lowest BCUT2D eigenvalue weighted by molar-refractivity contribution is 0.386. The molecule has 2 aromatic heterocycles. The highest BCUT2D eigenvalue weighted by Crippen LogP contribution is 2.31. The number of halogens is 1. The van der Waals surface area contributed by atoms with Crippen LogP contribution in [0.1, 0.15) is 11.3 Å². The third kappa shape index (κ3) is 1.91. The molecule has 3 rings (SSSR count). The highest BCUT2D eigenvalue weighted by Gasteiger charge is 2.17. The quantitative estimate of drug-likeness (QED) is 0.786. The summed E-state index contributed by atoms with van der Waals surface area (Å²) >= 11 is 0. The van der Waals surface area contributed by atoms with Crippen molar-refractivity contribution in [1.82, 2.24) is 14.5 Å². The highest BCUT2D eigenvalue weighted by molar-refractivity contribution is 5.92. The van der Waals surface area contributed by atoms with Gasteiger partial charge in [-0.2, -0.15) is 0 Å². The molecule has 0 radical (unpaired) electrons. The summed E-state index contributed by atoms with van der Waals surface area (Å²) in [6, 6.07) is 4.80. The van der Waals surface area contributed by atoms with Crippen molar-refractivity contribution in [1.29, 1.82) is 0 Å². The molecule has 0 spiro atoms. The number of ether oxygens (including phenoxy) is 1. The summed E-state index contributed by atoms with van der Waals surface area (Å²) in [7, 11) is 1.44. The number of aromatic nitrogens is 3. The molecule has 0 amide bonds. The number of hydrogen-bond donors (Lipinski definition) is 1. The summed E-state index contributed by atoms with van der Waals surface area (Å²) in [6.07, 6.45) is 1.41. The van der Waals surface area contributed by atoms with E-state index in [9.17, 15) is 4.39 Å². The van der Waals surface area contributed by atoms with Gasteiger partial charge in [0.25, 0.3) is 0 Å². The number of rotatable bonds is 2. The number of nitrogen functional groups attached to an aromatic ring is 1. The molecular weight excluding hydrogens is 271 g/mol. The Bertz CT molecular complexity index is 841. The molecule has 0 aliphatic heterocycles. The van der Waals surface area contributed by atoms with Crippen molar-refractivity contribution < 1.29 is 9.13 Å². The first-order chi connectivity index (χ1) is 10.0. The minimum atomic E-state index is -0.420. The third-order valence-corrected chi connectivity index (χ3v) is 3.72. The van der Waals surface area contributed by atoms with Crippen LogP contribution < -0.4 is 10.5 Å². The molecule has 108 valence electrons. The maximum atomic E-state index is 14.0. The van der Waals surface area contributed by atoms with Crippen molar-refractivity contribution in [3.8, 4) is 11.4 Å². The van der Waals surface area contributed by atoms with Gasteiger partial charge in [0.15, 0.2) is 17.2 Å². The van der Waals surface area contributed by atoms with E-state index in [2.05, 4.69) is 9.97 Å². The van der Waals surface area contributed by atoms with E-state index in [1.807, 2.05) is 18.4 Å². The largest absolute Gasteiger partial charge is 0.494 e. The maximum absolute atomic E-state index is 14.0. The van der Waals surface area contributed by atoms with Crippen LogP contribution in [0.15, 0.2) is 24.5 Å². The summed E-state index contributed by atoms with van der Waals surface area (Å²) in [5, 5.41) is 0.797. The fourth-order valence-electron chi connectivity index (χ4n) is 2.54. The van der Waals surface area contributed by atoms with E-state index in [1.165, 1.54) is 19.5 Å². The third-order valence-electron chi connectivity index (χ3n) is 3.72. The molecule has 0 fully saturated rings. The van der Waals surface area contributed by atoms with Crippen molar-refractivity contribution >= 4 is 16.9 Å². The van der Waals surface area contributed by atoms with E-state index in [1.54, 1.807) is 12.1 Å². The van der Waals surface area contributed by atoms with Gasteiger partial charge in [-0.3, -0.25) is 4.57 Å². The zero-order chi connectivity index (χ0) is 15.1. The van der Waals surface area contributed by atoms with Gasteiger partial charge in [-0.25, -0.2) is 14.4 Å². The molecule has 6 heteroatoms. The molecule has 21 heavy (non-hydrogen) atoms. The molecule has 5 nitrogen and oxygen atoms in total. The lowest BCUT2D eigenvalue weighted by Gasteiger charge is -2.09.